The van der Waals surface area contributed by atoms with Crippen LogP contribution in [0.25, 0.3) is 10.9 Å². The van der Waals surface area contributed by atoms with Gasteiger partial charge in [0, 0.05) is 23.5 Å². The molecule has 0 radical (unpaired) electrons. The fraction of sp³-hybridized carbons (Fsp3) is 0.474. The maximum Gasteiger partial charge on any atom is 0.0857 e. The van der Waals surface area contributed by atoms with Crippen LogP contribution in [0.1, 0.15) is 42.3 Å². The van der Waals surface area contributed by atoms with Crippen molar-refractivity contribution in [2.75, 3.05) is 20.6 Å². The monoisotopic (exact) mass is 325 g/mol. The quantitative estimate of drug-likeness (QED) is 0.625. The van der Waals surface area contributed by atoms with Gasteiger partial charge in [-0.3, -0.25) is 5.10 Å². The van der Waals surface area contributed by atoms with Crippen molar-refractivity contribution in [2.45, 2.75) is 39.0 Å². The van der Waals surface area contributed by atoms with E-state index in [1.54, 1.807) is 0 Å². The lowest BCUT2D eigenvalue weighted by Gasteiger charge is -2.08. The molecule has 2 heterocycles. The van der Waals surface area contributed by atoms with Crippen LogP contribution in [-0.4, -0.2) is 45.9 Å². The van der Waals surface area contributed by atoms with E-state index in [-0.39, 0.29) is 0 Å². The number of hydrogen-bond acceptors (Lipinski definition) is 3. The summed E-state index contributed by atoms with van der Waals surface area (Å²) < 4.78 is 0. The molecule has 0 saturated heterocycles. The van der Waals surface area contributed by atoms with E-state index in [0.29, 0.717) is 0 Å². The van der Waals surface area contributed by atoms with Crippen LogP contribution in [0, 0.1) is 0 Å². The Hall–Kier alpha value is -2.14. The van der Waals surface area contributed by atoms with E-state index in [1.807, 2.05) is 0 Å². The SMILES string of the molecule is CCc1nn[nH]c1Cc1ccc2[nH]cc(CCCCN(C)C)c2c1. The average molecular weight is 325 g/mol. The number of unbranched alkanes of at least 4 members (excludes halogenated alkanes) is 1. The van der Waals surface area contributed by atoms with Crippen LogP contribution in [0.4, 0.5) is 0 Å². The van der Waals surface area contributed by atoms with Gasteiger partial charge in [-0.25, -0.2) is 0 Å². The van der Waals surface area contributed by atoms with E-state index in [4.69, 9.17) is 0 Å². The number of rotatable bonds is 8. The molecule has 2 aromatic heterocycles. The van der Waals surface area contributed by atoms with Crippen LogP contribution >= 0.6 is 0 Å². The van der Waals surface area contributed by atoms with Crippen molar-refractivity contribution in [2.24, 2.45) is 0 Å². The maximum absolute atomic E-state index is 4.15. The largest absolute Gasteiger partial charge is 0.361 e. The Bertz CT molecular complexity index is 784. The minimum absolute atomic E-state index is 0.858. The molecular weight excluding hydrogens is 298 g/mol. The highest BCUT2D eigenvalue weighted by molar-refractivity contribution is 5.84. The summed E-state index contributed by atoms with van der Waals surface area (Å²) in [5.41, 5.74) is 6.13. The summed E-state index contributed by atoms with van der Waals surface area (Å²) in [4.78, 5) is 5.65. The molecule has 0 aliphatic heterocycles. The van der Waals surface area contributed by atoms with Gasteiger partial charge >= 0.3 is 0 Å². The number of aryl methyl sites for hydroxylation is 2. The van der Waals surface area contributed by atoms with Gasteiger partial charge in [0.25, 0.3) is 0 Å². The molecule has 3 aromatic rings. The lowest BCUT2D eigenvalue weighted by molar-refractivity contribution is 0.394. The van der Waals surface area contributed by atoms with Crippen LogP contribution in [-0.2, 0) is 19.3 Å². The number of benzene rings is 1. The van der Waals surface area contributed by atoms with Crippen LogP contribution in [0.2, 0.25) is 0 Å². The molecule has 0 amide bonds. The standard InChI is InChI=1S/C19H27N5/c1-4-17-19(22-23-21-17)12-14-8-9-18-16(11-14)15(13-20-18)7-5-6-10-24(2)3/h8-9,11,13,20H,4-7,10,12H2,1-3H3,(H,21,22,23). The number of hydrogen-bond donors (Lipinski definition) is 2. The van der Waals surface area contributed by atoms with Gasteiger partial charge in [-0.1, -0.05) is 18.2 Å². The van der Waals surface area contributed by atoms with Gasteiger partial charge in [0.1, 0.15) is 0 Å². The lowest BCUT2D eigenvalue weighted by Crippen LogP contribution is -2.12. The van der Waals surface area contributed by atoms with Crippen LogP contribution in [0.5, 0.6) is 0 Å². The van der Waals surface area contributed by atoms with Gasteiger partial charge in [-0.05, 0) is 69.6 Å². The van der Waals surface area contributed by atoms with Gasteiger partial charge in [0.15, 0.2) is 0 Å². The summed E-state index contributed by atoms with van der Waals surface area (Å²) in [5.74, 6) is 0. The average Bonchev–Trinajstić information content (AvgIpc) is 3.18. The van der Waals surface area contributed by atoms with Crippen LogP contribution in [0.15, 0.2) is 24.4 Å². The lowest BCUT2D eigenvalue weighted by atomic mass is 10.0. The summed E-state index contributed by atoms with van der Waals surface area (Å²) in [6.45, 7) is 3.27. The number of nitrogens with one attached hydrogen (secondary N) is 2. The highest BCUT2D eigenvalue weighted by Crippen LogP contribution is 2.23. The van der Waals surface area contributed by atoms with Crippen molar-refractivity contribution in [1.82, 2.24) is 25.3 Å². The summed E-state index contributed by atoms with van der Waals surface area (Å²) in [6, 6.07) is 6.69. The Balaban J connectivity index is 1.73. The fourth-order valence-electron chi connectivity index (χ4n) is 3.19. The van der Waals surface area contributed by atoms with E-state index < -0.39 is 0 Å². The molecule has 0 bridgehead atoms. The van der Waals surface area contributed by atoms with Crippen molar-refractivity contribution in [3.8, 4) is 0 Å². The number of aromatic amines is 2. The van der Waals surface area contributed by atoms with Gasteiger partial charge in [-0.15, -0.1) is 5.10 Å². The van der Waals surface area contributed by atoms with Crippen LogP contribution < -0.4 is 0 Å². The first kappa shape index (κ1) is 16.7. The first-order chi connectivity index (χ1) is 11.7. The molecule has 5 nitrogen and oxygen atoms in total. The number of nitrogens with zero attached hydrogens (tertiary/aromatic N) is 3. The highest BCUT2D eigenvalue weighted by atomic mass is 15.3. The van der Waals surface area contributed by atoms with E-state index in [9.17, 15) is 0 Å². The molecular formula is C19H27N5. The smallest absolute Gasteiger partial charge is 0.0857 e. The zero-order valence-corrected chi connectivity index (χ0v) is 14.9. The Morgan fingerprint density at radius 1 is 1.17 bits per heavy atom. The molecule has 0 atom stereocenters. The topological polar surface area (TPSA) is 60.6 Å². The second kappa shape index (κ2) is 7.62. The van der Waals surface area contributed by atoms with Crippen molar-refractivity contribution in [1.29, 1.82) is 0 Å². The Morgan fingerprint density at radius 2 is 2.04 bits per heavy atom. The second-order valence-corrected chi connectivity index (χ2v) is 6.72. The van der Waals surface area contributed by atoms with Gasteiger partial charge in [-0.2, -0.15) is 0 Å². The van der Waals surface area contributed by atoms with Gasteiger partial charge in [0.05, 0.1) is 11.4 Å². The van der Waals surface area contributed by atoms with Crippen LogP contribution in [0.3, 0.4) is 0 Å². The summed E-state index contributed by atoms with van der Waals surface area (Å²) in [5, 5.41) is 12.5. The normalized spacial score (nSPS) is 11.7. The molecule has 0 fully saturated rings. The predicted molar refractivity (Wildman–Crippen MR) is 98.4 cm³/mol. The zero-order valence-electron chi connectivity index (χ0n) is 14.9. The summed E-state index contributed by atoms with van der Waals surface area (Å²) in [6.07, 6.45) is 7.52. The third kappa shape index (κ3) is 3.85. The zero-order chi connectivity index (χ0) is 16.9. The molecule has 2 N–H and O–H groups in total. The molecule has 128 valence electrons. The van der Waals surface area contributed by atoms with Crippen molar-refractivity contribution in [3.05, 3.63) is 46.9 Å². The third-order valence-electron chi connectivity index (χ3n) is 4.55. The van der Waals surface area contributed by atoms with Crippen molar-refractivity contribution in [3.63, 3.8) is 0 Å². The first-order valence-corrected chi connectivity index (χ1v) is 8.79. The third-order valence-corrected chi connectivity index (χ3v) is 4.55. The van der Waals surface area contributed by atoms with Gasteiger partial charge in [0.2, 0.25) is 0 Å². The maximum atomic E-state index is 4.15. The fourth-order valence-corrected chi connectivity index (χ4v) is 3.19. The number of H-pyrrole nitrogens is 2. The Labute approximate surface area is 143 Å². The molecule has 5 heteroatoms. The van der Waals surface area contributed by atoms with Gasteiger partial charge < -0.3 is 9.88 Å². The molecule has 24 heavy (non-hydrogen) atoms. The molecule has 0 saturated carbocycles. The minimum Gasteiger partial charge on any atom is -0.361 e. The molecule has 1 aromatic carbocycles. The number of aromatic nitrogens is 4. The van der Waals surface area contributed by atoms with E-state index >= 15 is 0 Å². The Kier molecular flexibility index (Phi) is 5.30. The second-order valence-electron chi connectivity index (χ2n) is 6.72. The molecule has 0 spiro atoms. The van der Waals surface area contributed by atoms with Crippen molar-refractivity contribution < 1.29 is 0 Å². The molecule has 0 unspecified atom stereocenters. The number of fused-ring (bicyclic) bond motifs is 1. The first-order valence-electron chi connectivity index (χ1n) is 8.79. The van der Waals surface area contributed by atoms with Crippen molar-refractivity contribution >= 4 is 10.9 Å². The van der Waals surface area contributed by atoms with E-state index in [1.165, 1.54) is 34.9 Å². The summed E-state index contributed by atoms with van der Waals surface area (Å²) >= 11 is 0. The molecule has 3 rings (SSSR count). The minimum atomic E-state index is 0.858. The molecule has 0 aliphatic rings. The summed E-state index contributed by atoms with van der Waals surface area (Å²) in [7, 11) is 4.26. The predicted octanol–water partition coefficient (Wildman–Crippen LogP) is 3.32. The van der Waals surface area contributed by atoms with E-state index in [0.717, 1.165) is 37.2 Å². The highest BCUT2D eigenvalue weighted by Gasteiger charge is 2.09. The van der Waals surface area contributed by atoms with E-state index in [2.05, 4.69) is 70.7 Å². The Morgan fingerprint density at radius 3 is 2.83 bits per heavy atom. The molecule has 0 aliphatic carbocycles.